The summed E-state index contributed by atoms with van der Waals surface area (Å²) in [6.45, 7) is 7.59. The summed E-state index contributed by atoms with van der Waals surface area (Å²) < 4.78 is 29.8. The first-order valence-electron chi connectivity index (χ1n) is 9.78. The minimum atomic E-state index is -0.604. The quantitative estimate of drug-likeness (QED) is 0.412. The Hall–Kier alpha value is -1.84. The van der Waals surface area contributed by atoms with E-state index in [0.29, 0.717) is 58.1 Å². The van der Waals surface area contributed by atoms with Crippen LogP contribution in [0, 0.1) is 5.82 Å². The summed E-state index contributed by atoms with van der Waals surface area (Å²) in [6, 6.07) is 5.66. The first-order chi connectivity index (χ1) is 14.0. The van der Waals surface area contributed by atoms with Gasteiger partial charge in [-0.25, -0.2) is 4.39 Å². The smallest absolute Gasteiger partial charge is 0.254 e. The topological polar surface area (TPSA) is 71.5 Å². The minimum Gasteiger partial charge on any atom is -0.389 e. The van der Waals surface area contributed by atoms with E-state index in [2.05, 4.69) is 11.5 Å². The molecule has 8 heteroatoms. The SMILES string of the molecule is C=CCOC[C@@H](O)CN1CCO[C@@H](CN(CCOC)C(=O)c2cccc(F)c2)C1. The molecule has 0 unspecified atom stereocenters. The number of rotatable bonds is 12. The molecule has 0 spiro atoms. The van der Waals surface area contributed by atoms with Crippen molar-refractivity contribution in [2.24, 2.45) is 0 Å². The number of ether oxygens (including phenoxy) is 3. The molecule has 0 bridgehead atoms. The van der Waals surface area contributed by atoms with E-state index in [-0.39, 0.29) is 18.6 Å². The molecule has 7 nitrogen and oxygen atoms in total. The number of benzene rings is 1. The normalized spacial score (nSPS) is 18.4. The van der Waals surface area contributed by atoms with Gasteiger partial charge in [-0.3, -0.25) is 9.69 Å². The molecule has 1 fully saturated rings. The molecule has 1 amide bonds. The molecule has 0 saturated carbocycles. The van der Waals surface area contributed by atoms with E-state index < -0.39 is 11.9 Å². The number of β-amino-alcohol motifs (C(OH)–C–C–N with tert-alkyl or cyclic N) is 1. The molecule has 29 heavy (non-hydrogen) atoms. The number of amides is 1. The molecule has 1 heterocycles. The summed E-state index contributed by atoms with van der Waals surface area (Å²) in [5.41, 5.74) is 0.295. The lowest BCUT2D eigenvalue weighted by molar-refractivity contribution is -0.0585. The maximum atomic E-state index is 13.5. The van der Waals surface area contributed by atoms with Crippen LogP contribution in [-0.4, -0.2) is 99.3 Å². The second kappa shape index (κ2) is 12.7. The first-order valence-corrected chi connectivity index (χ1v) is 9.78. The number of nitrogens with zero attached hydrogens (tertiary/aromatic N) is 2. The predicted molar refractivity (Wildman–Crippen MR) is 107 cm³/mol. The number of hydrogen-bond acceptors (Lipinski definition) is 6. The lowest BCUT2D eigenvalue weighted by Gasteiger charge is -2.36. The molecule has 1 aromatic rings. The summed E-state index contributed by atoms with van der Waals surface area (Å²) in [4.78, 5) is 16.6. The van der Waals surface area contributed by atoms with E-state index in [9.17, 15) is 14.3 Å². The molecule has 1 saturated heterocycles. The van der Waals surface area contributed by atoms with Crippen LogP contribution in [0.5, 0.6) is 0 Å². The van der Waals surface area contributed by atoms with Crippen LogP contribution < -0.4 is 0 Å². The molecule has 1 aromatic carbocycles. The number of aliphatic hydroxyl groups is 1. The van der Waals surface area contributed by atoms with Crippen LogP contribution in [0.25, 0.3) is 0 Å². The molecule has 0 radical (unpaired) electrons. The van der Waals surface area contributed by atoms with Gasteiger partial charge in [-0.2, -0.15) is 0 Å². The second-order valence-corrected chi connectivity index (χ2v) is 6.99. The zero-order valence-corrected chi connectivity index (χ0v) is 17.0. The fourth-order valence-corrected chi connectivity index (χ4v) is 3.22. The van der Waals surface area contributed by atoms with Crippen molar-refractivity contribution in [1.82, 2.24) is 9.80 Å². The summed E-state index contributed by atoms with van der Waals surface area (Å²) in [5, 5.41) is 10.1. The standard InChI is InChI=1S/C21H31FN2O5/c1-3-9-28-16-19(25)13-23-7-11-29-20(14-23)15-24(8-10-27-2)21(26)17-5-4-6-18(22)12-17/h3-6,12,19-20,25H,1,7-11,13-16H2,2H3/t19-,20+/m0/s1. The van der Waals surface area contributed by atoms with Crippen LogP contribution in [0.15, 0.2) is 36.9 Å². The van der Waals surface area contributed by atoms with E-state index in [1.807, 2.05) is 0 Å². The number of carbonyl (C=O) groups excluding carboxylic acids is 1. The average molecular weight is 410 g/mol. The number of hydrogen-bond donors (Lipinski definition) is 1. The fraction of sp³-hybridized carbons (Fsp3) is 0.571. The Bertz CT molecular complexity index is 645. The zero-order valence-electron chi connectivity index (χ0n) is 17.0. The summed E-state index contributed by atoms with van der Waals surface area (Å²) in [6.07, 6.45) is 0.827. The highest BCUT2D eigenvalue weighted by Gasteiger charge is 2.26. The van der Waals surface area contributed by atoms with E-state index in [0.717, 1.165) is 0 Å². The maximum Gasteiger partial charge on any atom is 0.254 e. The van der Waals surface area contributed by atoms with Gasteiger partial charge in [0.05, 0.1) is 38.6 Å². The molecule has 0 aliphatic carbocycles. The maximum absolute atomic E-state index is 13.5. The number of methoxy groups -OCH3 is 1. The Labute approximate surface area is 171 Å². The predicted octanol–water partition coefficient (Wildman–Crippen LogP) is 1.18. The van der Waals surface area contributed by atoms with Crippen LogP contribution >= 0.6 is 0 Å². The van der Waals surface area contributed by atoms with Crippen LogP contribution in [-0.2, 0) is 14.2 Å². The summed E-state index contributed by atoms with van der Waals surface area (Å²) in [7, 11) is 1.57. The van der Waals surface area contributed by atoms with Crippen molar-refractivity contribution in [2.45, 2.75) is 12.2 Å². The van der Waals surface area contributed by atoms with Crippen molar-refractivity contribution in [3.8, 4) is 0 Å². The Morgan fingerprint density at radius 2 is 2.38 bits per heavy atom. The van der Waals surface area contributed by atoms with Gasteiger partial charge in [-0.05, 0) is 18.2 Å². The minimum absolute atomic E-state index is 0.209. The van der Waals surface area contributed by atoms with Gasteiger partial charge < -0.3 is 24.2 Å². The van der Waals surface area contributed by atoms with Crippen molar-refractivity contribution in [3.05, 3.63) is 48.3 Å². The van der Waals surface area contributed by atoms with Gasteiger partial charge in [0.2, 0.25) is 0 Å². The molecule has 1 aliphatic heterocycles. The van der Waals surface area contributed by atoms with Crippen molar-refractivity contribution in [3.63, 3.8) is 0 Å². The molecular formula is C21H31FN2O5. The Kier molecular flexibility index (Phi) is 10.2. The highest BCUT2D eigenvalue weighted by molar-refractivity contribution is 5.94. The Balaban J connectivity index is 1.93. The number of carbonyl (C=O) groups is 1. The van der Waals surface area contributed by atoms with E-state index in [1.165, 1.54) is 18.2 Å². The third kappa shape index (κ3) is 8.20. The lowest BCUT2D eigenvalue weighted by Crippen LogP contribution is -2.51. The molecule has 2 atom stereocenters. The summed E-state index contributed by atoms with van der Waals surface area (Å²) in [5.74, 6) is -0.713. The molecular weight excluding hydrogens is 379 g/mol. The van der Waals surface area contributed by atoms with E-state index >= 15 is 0 Å². The van der Waals surface area contributed by atoms with Gasteiger partial charge in [-0.1, -0.05) is 12.1 Å². The molecule has 162 valence electrons. The van der Waals surface area contributed by atoms with Crippen molar-refractivity contribution < 1.29 is 28.5 Å². The molecule has 0 aromatic heterocycles. The third-order valence-corrected chi connectivity index (χ3v) is 4.59. The van der Waals surface area contributed by atoms with Crippen molar-refractivity contribution in [1.29, 1.82) is 0 Å². The average Bonchev–Trinajstić information content (AvgIpc) is 2.71. The van der Waals surface area contributed by atoms with Gasteiger partial charge in [0.1, 0.15) is 5.82 Å². The number of aliphatic hydroxyl groups excluding tert-OH is 1. The van der Waals surface area contributed by atoms with Crippen LogP contribution in [0.1, 0.15) is 10.4 Å². The zero-order chi connectivity index (χ0) is 21.1. The van der Waals surface area contributed by atoms with Crippen molar-refractivity contribution in [2.75, 3.05) is 66.3 Å². The van der Waals surface area contributed by atoms with Crippen LogP contribution in [0.2, 0.25) is 0 Å². The van der Waals surface area contributed by atoms with Crippen molar-refractivity contribution >= 4 is 5.91 Å². The van der Waals surface area contributed by atoms with E-state index in [1.54, 1.807) is 24.2 Å². The second-order valence-electron chi connectivity index (χ2n) is 6.99. The van der Waals surface area contributed by atoms with Crippen LogP contribution in [0.4, 0.5) is 4.39 Å². The first kappa shape index (κ1) is 23.4. The van der Waals surface area contributed by atoms with Gasteiger partial charge in [-0.15, -0.1) is 6.58 Å². The van der Waals surface area contributed by atoms with Gasteiger partial charge in [0.25, 0.3) is 5.91 Å². The Morgan fingerprint density at radius 3 is 3.10 bits per heavy atom. The van der Waals surface area contributed by atoms with Crippen LogP contribution in [0.3, 0.4) is 0 Å². The van der Waals surface area contributed by atoms with Gasteiger partial charge in [0.15, 0.2) is 0 Å². The lowest BCUT2D eigenvalue weighted by atomic mass is 10.1. The number of morpholine rings is 1. The molecule has 2 rings (SSSR count). The van der Waals surface area contributed by atoms with Gasteiger partial charge >= 0.3 is 0 Å². The van der Waals surface area contributed by atoms with Gasteiger partial charge in [0, 0.05) is 45.4 Å². The summed E-state index contributed by atoms with van der Waals surface area (Å²) >= 11 is 0. The highest BCUT2D eigenvalue weighted by atomic mass is 19.1. The molecule has 1 aliphatic rings. The number of halogens is 1. The largest absolute Gasteiger partial charge is 0.389 e. The highest BCUT2D eigenvalue weighted by Crippen LogP contribution is 2.12. The monoisotopic (exact) mass is 410 g/mol. The Morgan fingerprint density at radius 1 is 1.55 bits per heavy atom. The molecule has 1 N–H and O–H groups in total. The third-order valence-electron chi connectivity index (χ3n) is 4.59. The van der Waals surface area contributed by atoms with E-state index in [4.69, 9.17) is 14.2 Å². The fourth-order valence-electron chi connectivity index (χ4n) is 3.22.